The average molecular weight is 763 g/mol. The van der Waals surface area contributed by atoms with E-state index >= 15 is 0 Å². The van der Waals surface area contributed by atoms with Gasteiger partial charge >= 0.3 is 0 Å². The van der Waals surface area contributed by atoms with Gasteiger partial charge in [-0.1, -0.05) is 89.8 Å². The van der Waals surface area contributed by atoms with Crippen LogP contribution in [0.15, 0.2) is 115 Å². The zero-order chi connectivity index (χ0) is 39.2. The molecule has 1 aromatic carbocycles. The second kappa shape index (κ2) is 24.7. The molecule has 0 radical (unpaired) electrons. The Hall–Kier alpha value is -3.57. The fourth-order valence-corrected chi connectivity index (χ4v) is 7.36. The molecule has 2 unspecified atom stereocenters. The summed E-state index contributed by atoms with van der Waals surface area (Å²) in [6.45, 7) is 11.6. The van der Waals surface area contributed by atoms with Gasteiger partial charge in [-0.15, -0.1) is 0 Å². The first-order chi connectivity index (χ1) is 25.3. The average Bonchev–Trinajstić information content (AvgIpc) is 3.14. The van der Waals surface area contributed by atoms with Gasteiger partial charge in [-0.25, -0.2) is 0 Å². The molecule has 0 fully saturated rings. The summed E-state index contributed by atoms with van der Waals surface area (Å²) in [6.07, 6.45) is 27.6. The number of amides is 1. The van der Waals surface area contributed by atoms with E-state index in [1.165, 1.54) is 16.5 Å². The Morgan fingerprint density at radius 3 is 2.30 bits per heavy atom. The fraction of sp³-hybridized carbons (Fsp3) is 0.465. The molecule has 0 bridgehead atoms. The lowest BCUT2D eigenvalue weighted by atomic mass is 9.82. The van der Waals surface area contributed by atoms with Crippen molar-refractivity contribution in [3.63, 3.8) is 0 Å². The summed E-state index contributed by atoms with van der Waals surface area (Å²) in [5.41, 5.74) is 5.64. The highest BCUT2D eigenvalue weighted by Crippen LogP contribution is 2.32. The van der Waals surface area contributed by atoms with Gasteiger partial charge in [-0.2, -0.15) is 0 Å². The number of benzene rings is 1. The van der Waals surface area contributed by atoms with Gasteiger partial charge in [0.15, 0.2) is 0 Å². The van der Waals surface area contributed by atoms with Crippen LogP contribution in [0.25, 0.3) is 6.08 Å². The van der Waals surface area contributed by atoms with Gasteiger partial charge in [0.05, 0.1) is 5.75 Å². The molecule has 2 atom stereocenters. The first-order valence-electron chi connectivity index (χ1n) is 18.5. The van der Waals surface area contributed by atoms with Gasteiger partial charge < -0.3 is 30.0 Å². The summed E-state index contributed by atoms with van der Waals surface area (Å²) in [5.74, 6) is 1.06. The van der Waals surface area contributed by atoms with Crippen molar-refractivity contribution in [3.8, 4) is 0 Å². The van der Waals surface area contributed by atoms with Crippen molar-refractivity contribution in [2.24, 2.45) is 5.41 Å². The lowest BCUT2D eigenvalue weighted by Crippen LogP contribution is -2.35. The minimum absolute atomic E-state index is 0.0219. The van der Waals surface area contributed by atoms with E-state index < -0.39 is 6.23 Å². The summed E-state index contributed by atoms with van der Waals surface area (Å²) >= 11 is 0. The Bertz CT molecular complexity index is 1480. The molecule has 2 N–H and O–H groups in total. The highest BCUT2D eigenvalue weighted by atomic mass is 33.1. The first-order valence-corrected chi connectivity index (χ1v) is 20.9. The monoisotopic (exact) mass is 762 g/mol. The predicted molar refractivity (Wildman–Crippen MR) is 235 cm³/mol. The van der Waals surface area contributed by atoms with Gasteiger partial charge in [0, 0.05) is 91.0 Å². The quantitative estimate of drug-likeness (QED) is 0.0479. The van der Waals surface area contributed by atoms with Crippen LogP contribution in [0.2, 0.25) is 0 Å². The Morgan fingerprint density at radius 2 is 1.66 bits per heavy atom. The van der Waals surface area contributed by atoms with Gasteiger partial charge in [-0.05, 0) is 92.7 Å². The molecule has 1 aliphatic rings. The maximum Gasteiger partial charge on any atom is 0.233 e. The Kier molecular flexibility index (Phi) is 21.2. The van der Waals surface area contributed by atoms with Gasteiger partial charge in [0.25, 0.3) is 0 Å². The third kappa shape index (κ3) is 18.3. The second-order valence-electron chi connectivity index (χ2n) is 14.1. The number of aliphatic hydroxyl groups is 1. The molecule has 0 aliphatic heterocycles. The van der Waals surface area contributed by atoms with Crippen molar-refractivity contribution in [3.05, 3.63) is 120 Å². The zero-order valence-corrected chi connectivity index (χ0v) is 35.4. The molecule has 8 nitrogen and oxygen atoms in total. The standard InChI is InChI=1S/C43H66N6O2S2/c1-11-37(24-33-45(5)6)14-15-38-16-18-39(19-17-38)46(7)29-12-31-48(9)41(50)34-52-53-35-42(51)49(10)32-13-30-47(8)40-21-26-43(3,27-22-40)25-20-36(2)23-28-44-4/h11,14-26,28,33,42,44,51H,2,12-13,27,29-32,34-35H2,1,3-10H3/b15-14+,25-20+,28-23-,33-24-,37-11-. The number of likely N-dealkylation sites (N-methyl/N-ethyl adjacent to an activating group) is 1. The summed E-state index contributed by atoms with van der Waals surface area (Å²) in [6, 6.07) is 8.55. The van der Waals surface area contributed by atoms with E-state index in [-0.39, 0.29) is 11.3 Å². The van der Waals surface area contributed by atoms with Crippen LogP contribution in [0, 0.1) is 5.41 Å². The summed E-state index contributed by atoms with van der Waals surface area (Å²) in [4.78, 5) is 23.1. The number of carbonyl (C=O) groups is 1. The lowest BCUT2D eigenvalue weighted by Gasteiger charge is -2.29. The third-order valence-electron chi connectivity index (χ3n) is 9.08. The number of nitrogens with zero attached hydrogens (tertiary/aromatic N) is 5. The van der Waals surface area contributed by atoms with E-state index in [9.17, 15) is 9.90 Å². The van der Waals surface area contributed by atoms with Crippen molar-refractivity contribution in [1.29, 1.82) is 0 Å². The molecule has 0 saturated heterocycles. The van der Waals surface area contributed by atoms with E-state index in [2.05, 4.69) is 122 Å². The van der Waals surface area contributed by atoms with Crippen molar-refractivity contribution < 1.29 is 9.90 Å². The number of aliphatic hydroxyl groups excluding tert-OH is 1. The molecule has 0 spiro atoms. The van der Waals surface area contributed by atoms with E-state index in [0.717, 1.165) is 61.3 Å². The topological polar surface area (TPSA) is 65.5 Å². The molecular weight excluding hydrogens is 697 g/mol. The maximum absolute atomic E-state index is 12.7. The largest absolute Gasteiger partial charge is 0.394 e. The second-order valence-corrected chi connectivity index (χ2v) is 16.6. The molecule has 1 amide bonds. The van der Waals surface area contributed by atoms with Crippen LogP contribution in [0.5, 0.6) is 0 Å². The zero-order valence-electron chi connectivity index (χ0n) is 33.8. The van der Waals surface area contributed by atoms with Crippen molar-refractivity contribution in [1.82, 2.24) is 24.9 Å². The number of nitrogens with one attached hydrogen (secondary N) is 1. The number of allylic oxidation sites excluding steroid dienone is 11. The number of hydrogen-bond donors (Lipinski definition) is 2. The highest BCUT2D eigenvalue weighted by molar-refractivity contribution is 8.76. The van der Waals surface area contributed by atoms with Crippen LogP contribution in [0.3, 0.4) is 0 Å². The number of hydrogen-bond acceptors (Lipinski definition) is 9. The van der Waals surface area contributed by atoms with Gasteiger partial charge in [0.1, 0.15) is 6.23 Å². The molecule has 53 heavy (non-hydrogen) atoms. The molecule has 0 aromatic heterocycles. The van der Waals surface area contributed by atoms with Crippen LogP contribution in [0.1, 0.15) is 38.7 Å². The molecule has 2 rings (SSSR count). The van der Waals surface area contributed by atoms with Crippen LogP contribution in [-0.4, -0.2) is 124 Å². The van der Waals surface area contributed by atoms with Crippen LogP contribution < -0.4 is 10.2 Å². The minimum atomic E-state index is -0.554. The summed E-state index contributed by atoms with van der Waals surface area (Å²) in [5, 5.41) is 13.7. The van der Waals surface area contributed by atoms with Crippen molar-refractivity contribution in [2.45, 2.75) is 39.3 Å². The summed E-state index contributed by atoms with van der Waals surface area (Å²) < 4.78 is 0. The third-order valence-corrected chi connectivity index (χ3v) is 11.3. The van der Waals surface area contributed by atoms with Crippen LogP contribution >= 0.6 is 21.6 Å². The Morgan fingerprint density at radius 1 is 0.962 bits per heavy atom. The number of rotatable bonds is 24. The van der Waals surface area contributed by atoms with Gasteiger partial charge in [0.2, 0.25) is 5.91 Å². The normalized spacial score (nSPS) is 17.0. The SMILES string of the molecule is C=C(/C=C\NC)/C=C/C1(C)C=CC(N(C)CCCN(C)C(O)CSSCC(=O)N(C)CCCN(C)c2ccc(/C=C/C(/C=C\N(C)C)=C/C)cc2)=CC1. The van der Waals surface area contributed by atoms with E-state index in [1.807, 2.05) is 75.3 Å². The minimum Gasteiger partial charge on any atom is -0.394 e. The Labute approximate surface area is 329 Å². The van der Waals surface area contributed by atoms with E-state index in [4.69, 9.17) is 0 Å². The lowest BCUT2D eigenvalue weighted by molar-refractivity contribution is -0.127. The fourth-order valence-electron chi connectivity index (χ4n) is 5.27. The van der Waals surface area contributed by atoms with Crippen molar-refractivity contribution in [2.75, 3.05) is 91.9 Å². The van der Waals surface area contributed by atoms with E-state index in [1.54, 1.807) is 10.8 Å². The molecule has 10 heteroatoms. The maximum atomic E-state index is 12.7. The molecule has 292 valence electrons. The Balaban J connectivity index is 1.62. The predicted octanol–water partition coefficient (Wildman–Crippen LogP) is 7.66. The number of carbonyl (C=O) groups excluding carboxylic acids is 1. The molecule has 1 aromatic rings. The van der Waals surface area contributed by atoms with Crippen molar-refractivity contribution >= 4 is 39.3 Å². The van der Waals surface area contributed by atoms with Crippen LogP contribution in [0.4, 0.5) is 5.69 Å². The van der Waals surface area contributed by atoms with Crippen LogP contribution in [-0.2, 0) is 4.79 Å². The first kappa shape index (κ1) is 45.6. The number of anilines is 1. The molecular formula is C43H66N6O2S2. The van der Waals surface area contributed by atoms with Gasteiger partial charge in [-0.3, -0.25) is 9.69 Å². The highest BCUT2D eigenvalue weighted by Gasteiger charge is 2.20. The van der Waals surface area contributed by atoms with E-state index in [0.29, 0.717) is 18.1 Å². The molecule has 0 heterocycles. The smallest absolute Gasteiger partial charge is 0.233 e. The molecule has 0 saturated carbocycles. The molecule has 1 aliphatic carbocycles. The summed E-state index contributed by atoms with van der Waals surface area (Å²) in [7, 11) is 17.0.